The fraction of sp³-hybridized carbons (Fsp3) is 0.407. The van der Waals surface area contributed by atoms with Crippen molar-refractivity contribution in [3.05, 3.63) is 71.5 Å². The van der Waals surface area contributed by atoms with E-state index >= 15 is 0 Å². The van der Waals surface area contributed by atoms with Gasteiger partial charge in [-0.25, -0.2) is 13.2 Å². The second-order valence-electron chi connectivity index (χ2n) is 8.76. The number of halogens is 3. The van der Waals surface area contributed by atoms with E-state index in [1.807, 2.05) is 0 Å². The number of unbranched alkanes of at least 4 members (excludes halogenated alkanes) is 2. The van der Waals surface area contributed by atoms with E-state index in [4.69, 9.17) is 0 Å². The average molecular weight is 411 g/mol. The van der Waals surface area contributed by atoms with E-state index in [0.717, 1.165) is 23.1 Å². The summed E-state index contributed by atoms with van der Waals surface area (Å²) < 4.78 is 41.0. The fourth-order valence-corrected chi connectivity index (χ4v) is 4.90. The highest BCUT2D eigenvalue weighted by Crippen LogP contribution is 2.38. The fourth-order valence-electron chi connectivity index (χ4n) is 4.90. The minimum Gasteiger partial charge on any atom is -0.204 e. The summed E-state index contributed by atoms with van der Waals surface area (Å²) in [6, 6.07) is 14.6. The molecule has 0 N–H and O–H groups in total. The Morgan fingerprint density at radius 2 is 1.47 bits per heavy atom. The smallest absolute Gasteiger partial charge is 0.195 e. The van der Waals surface area contributed by atoms with Crippen molar-refractivity contribution in [2.45, 2.75) is 64.2 Å². The molecule has 0 spiro atoms. The predicted molar refractivity (Wildman–Crippen MR) is 118 cm³/mol. The van der Waals surface area contributed by atoms with Crippen LogP contribution in [0.4, 0.5) is 13.2 Å². The van der Waals surface area contributed by atoms with Gasteiger partial charge in [0.1, 0.15) is 0 Å². The van der Waals surface area contributed by atoms with Gasteiger partial charge in [0.25, 0.3) is 0 Å². The molecule has 1 aliphatic carbocycles. The Morgan fingerprint density at radius 3 is 2.17 bits per heavy atom. The van der Waals surface area contributed by atoms with Gasteiger partial charge < -0.3 is 0 Å². The van der Waals surface area contributed by atoms with Crippen molar-refractivity contribution in [1.29, 1.82) is 0 Å². The highest BCUT2D eigenvalue weighted by atomic mass is 19.2. The van der Waals surface area contributed by atoms with Gasteiger partial charge in [0.2, 0.25) is 0 Å². The molecule has 0 aliphatic heterocycles. The van der Waals surface area contributed by atoms with Gasteiger partial charge in [0.05, 0.1) is 0 Å². The lowest BCUT2D eigenvalue weighted by molar-refractivity contribution is 0.303. The Kier molecular flexibility index (Phi) is 6.46. The maximum Gasteiger partial charge on any atom is 0.195 e. The van der Waals surface area contributed by atoms with E-state index in [9.17, 15) is 13.2 Å². The Hall–Kier alpha value is -2.29. The van der Waals surface area contributed by atoms with E-state index in [-0.39, 0.29) is 5.39 Å². The van der Waals surface area contributed by atoms with Gasteiger partial charge in [-0.2, -0.15) is 0 Å². The van der Waals surface area contributed by atoms with Crippen molar-refractivity contribution in [1.82, 2.24) is 0 Å². The Bertz CT molecular complexity index is 999. The first-order valence-electron chi connectivity index (χ1n) is 11.2. The van der Waals surface area contributed by atoms with Crippen LogP contribution in [0.3, 0.4) is 0 Å². The molecule has 30 heavy (non-hydrogen) atoms. The molecular weight excluding hydrogens is 381 g/mol. The molecule has 0 heterocycles. The summed E-state index contributed by atoms with van der Waals surface area (Å²) in [6.07, 6.45) is 10.6. The molecule has 0 amide bonds. The monoisotopic (exact) mass is 410 g/mol. The number of benzene rings is 3. The highest BCUT2D eigenvalue weighted by Gasteiger charge is 2.22. The molecule has 1 fully saturated rings. The van der Waals surface area contributed by atoms with Crippen LogP contribution in [0.2, 0.25) is 0 Å². The molecule has 3 aromatic rings. The summed E-state index contributed by atoms with van der Waals surface area (Å²) in [5.74, 6) is -2.17. The topological polar surface area (TPSA) is 0 Å². The lowest BCUT2D eigenvalue weighted by Gasteiger charge is -2.29. The van der Waals surface area contributed by atoms with Crippen molar-refractivity contribution in [3.8, 4) is 11.1 Å². The summed E-state index contributed by atoms with van der Waals surface area (Å²) in [6.45, 7) is 2.26. The molecule has 0 bridgehead atoms. The first-order valence-corrected chi connectivity index (χ1v) is 11.2. The molecule has 3 heteroatoms. The summed E-state index contributed by atoms with van der Waals surface area (Å²) >= 11 is 0. The average Bonchev–Trinajstić information content (AvgIpc) is 2.78. The third kappa shape index (κ3) is 4.40. The van der Waals surface area contributed by atoms with Gasteiger partial charge in [-0.1, -0.05) is 69.0 Å². The van der Waals surface area contributed by atoms with Crippen molar-refractivity contribution in [3.63, 3.8) is 0 Å². The van der Waals surface area contributed by atoms with Crippen LogP contribution in [0.1, 0.15) is 69.8 Å². The van der Waals surface area contributed by atoms with Gasteiger partial charge in [-0.15, -0.1) is 0 Å². The van der Waals surface area contributed by atoms with Crippen LogP contribution in [0, 0.1) is 23.4 Å². The molecule has 0 saturated heterocycles. The zero-order valence-corrected chi connectivity index (χ0v) is 17.6. The lowest BCUT2D eigenvalue weighted by Crippen LogP contribution is -2.13. The van der Waals surface area contributed by atoms with Gasteiger partial charge >= 0.3 is 0 Å². The third-order valence-electron chi connectivity index (χ3n) is 6.75. The third-order valence-corrected chi connectivity index (χ3v) is 6.75. The van der Waals surface area contributed by atoms with Gasteiger partial charge in [-0.3, -0.25) is 0 Å². The molecule has 158 valence electrons. The van der Waals surface area contributed by atoms with Crippen LogP contribution in [0.25, 0.3) is 21.9 Å². The first kappa shape index (κ1) is 21.0. The molecule has 0 unspecified atom stereocenters. The number of rotatable bonds is 6. The van der Waals surface area contributed by atoms with Crippen LogP contribution in [0.5, 0.6) is 0 Å². The Morgan fingerprint density at radius 1 is 0.767 bits per heavy atom. The second-order valence-corrected chi connectivity index (χ2v) is 8.76. The van der Waals surface area contributed by atoms with Crippen LogP contribution in [-0.4, -0.2) is 0 Å². The first-order chi connectivity index (χ1) is 14.6. The summed E-state index contributed by atoms with van der Waals surface area (Å²) in [5, 5.41) is 0.472. The zero-order chi connectivity index (χ0) is 21.1. The van der Waals surface area contributed by atoms with Crippen molar-refractivity contribution in [2.24, 2.45) is 5.92 Å². The second kappa shape index (κ2) is 9.24. The summed E-state index contributed by atoms with van der Waals surface area (Å²) in [5.41, 5.74) is 3.25. The summed E-state index contributed by atoms with van der Waals surface area (Å²) in [7, 11) is 0. The quantitative estimate of drug-likeness (QED) is 0.281. The van der Waals surface area contributed by atoms with Crippen molar-refractivity contribution < 1.29 is 13.2 Å². The maximum absolute atomic E-state index is 14.0. The van der Waals surface area contributed by atoms with Crippen LogP contribution in [0.15, 0.2) is 48.5 Å². The molecule has 4 rings (SSSR count). The number of hydrogen-bond acceptors (Lipinski definition) is 0. The van der Waals surface area contributed by atoms with E-state index in [1.54, 1.807) is 12.1 Å². The molecule has 0 aromatic heterocycles. The van der Waals surface area contributed by atoms with Gasteiger partial charge in [-0.05, 0) is 71.7 Å². The molecule has 1 saturated carbocycles. The van der Waals surface area contributed by atoms with E-state index < -0.39 is 17.5 Å². The Balaban J connectivity index is 1.46. The van der Waals surface area contributed by atoms with Crippen LogP contribution >= 0.6 is 0 Å². The SMILES string of the molecule is CCCCCC1CCC(c2ccc(-c3ccc4c(F)c(F)c(F)cc4c3)cc2)CC1. The molecule has 0 radical (unpaired) electrons. The normalized spacial score (nSPS) is 19.3. The van der Waals surface area contributed by atoms with E-state index in [2.05, 4.69) is 31.2 Å². The molecule has 0 atom stereocenters. The standard InChI is InChI=1S/C27H29F3/c1-2-3-4-5-18-6-8-19(9-7-18)20-10-12-21(13-11-20)22-14-15-24-23(16-22)17-25(28)27(30)26(24)29/h10-19H,2-9H2,1H3. The molecular formula is C27H29F3. The highest BCUT2D eigenvalue weighted by molar-refractivity contribution is 5.88. The lowest BCUT2D eigenvalue weighted by atomic mass is 9.77. The Labute approximate surface area is 177 Å². The maximum atomic E-state index is 14.0. The molecule has 1 aliphatic rings. The number of fused-ring (bicyclic) bond motifs is 1. The summed E-state index contributed by atoms with van der Waals surface area (Å²) in [4.78, 5) is 0. The molecule has 0 nitrogen and oxygen atoms in total. The van der Waals surface area contributed by atoms with E-state index in [0.29, 0.717) is 11.3 Å². The van der Waals surface area contributed by atoms with E-state index in [1.165, 1.54) is 63.0 Å². The minimum absolute atomic E-state index is 0.102. The van der Waals surface area contributed by atoms with Gasteiger partial charge in [0, 0.05) is 5.39 Å². The van der Waals surface area contributed by atoms with Crippen LogP contribution in [-0.2, 0) is 0 Å². The minimum atomic E-state index is -1.42. The largest absolute Gasteiger partial charge is 0.204 e. The van der Waals surface area contributed by atoms with Gasteiger partial charge in [0.15, 0.2) is 17.5 Å². The predicted octanol–water partition coefficient (Wildman–Crippen LogP) is 8.78. The zero-order valence-electron chi connectivity index (χ0n) is 17.6. The van der Waals surface area contributed by atoms with Crippen molar-refractivity contribution in [2.75, 3.05) is 0 Å². The molecule has 3 aromatic carbocycles. The van der Waals surface area contributed by atoms with Crippen molar-refractivity contribution >= 4 is 10.8 Å². The number of hydrogen-bond donors (Lipinski definition) is 0. The van der Waals surface area contributed by atoms with Crippen LogP contribution < -0.4 is 0 Å².